The molecule has 0 aliphatic carbocycles. The maximum absolute atomic E-state index is 9.94. The van der Waals surface area contributed by atoms with Gasteiger partial charge in [0.05, 0.1) is 17.3 Å². The van der Waals surface area contributed by atoms with E-state index in [1.807, 2.05) is 25.1 Å². The van der Waals surface area contributed by atoms with E-state index in [-0.39, 0.29) is 11.2 Å². The van der Waals surface area contributed by atoms with Crippen LogP contribution in [0.2, 0.25) is 0 Å². The van der Waals surface area contributed by atoms with Crippen molar-refractivity contribution < 1.29 is 9.84 Å². The first-order valence-corrected chi connectivity index (χ1v) is 6.92. The fourth-order valence-corrected chi connectivity index (χ4v) is 3.09. The van der Waals surface area contributed by atoms with Crippen LogP contribution in [-0.2, 0) is 4.74 Å². The molecule has 0 unspecified atom stereocenters. The summed E-state index contributed by atoms with van der Waals surface area (Å²) in [5.74, 6) is 0. The molecule has 3 nitrogen and oxygen atoms in total. The van der Waals surface area contributed by atoms with Crippen LogP contribution in [0.15, 0.2) is 24.3 Å². The third kappa shape index (κ3) is 3.28. The van der Waals surface area contributed by atoms with Gasteiger partial charge in [-0.3, -0.25) is 0 Å². The van der Waals surface area contributed by atoms with E-state index in [2.05, 4.69) is 38.7 Å². The van der Waals surface area contributed by atoms with Crippen molar-refractivity contribution in [3.8, 4) is 0 Å². The molecule has 1 N–H and O–H groups in total. The monoisotopic (exact) mass is 263 g/mol. The molecule has 3 heteroatoms. The van der Waals surface area contributed by atoms with Crippen molar-refractivity contribution in [2.24, 2.45) is 0 Å². The summed E-state index contributed by atoms with van der Waals surface area (Å²) in [6.07, 6.45) is -0.453. The van der Waals surface area contributed by atoms with Gasteiger partial charge in [-0.25, -0.2) is 0 Å². The van der Waals surface area contributed by atoms with Gasteiger partial charge in [-0.2, -0.15) is 0 Å². The molecular weight excluding hydrogens is 238 g/mol. The van der Waals surface area contributed by atoms with Gasteiger partial charge in [0, 0.05) is 24.3 Å². The fraction of sp³-hybridized carbons (Fsp3) is 0.625. The average molecular weight is 263 g/mol. The van der Waals surface area contributed by atoms with E-state index >= 15 is 0 Å². The summed E-state index contributed by atoms with van der Waals surface area (Å²) < 4.78 is 6.11. The summed E-state index contributed by atoms with van der Waals surface area (Å²) in [6, 6.07) is 8.08. The standard InChI is InChI=1S/C16H25NO2/c1-12(18)13-8-6-7-9-14(13)17-10-15(2,3)19-16(4,5)11-17/h6-9,12,18H,10-11H2,1-5H3/t12-/m1/s1. The average Bonchev–Trinajstić information content (AvgIpc) is 2.24. The Morgan fingerprint density at radius 2 is 1.63 bits per heavy atom. The molecule has 1 aromatic rings. The second-order valence-electron chi connectivity index (χ2n) is 6.71. The minimum absolute atomic E-state index is 0.187. The molecule has 19 heavy (non-hydrogen) atoms. The van der Waals surface area contributed by atoms with Gasteiger partial charge in [-0.15, -0.1) is 0 Å². The van der Waals surface area contributed by atoms with Gasteiger partial charge < -0.3 is 14.7 Å². The van der Waals surface area contributed by atoms with Crippen LogP contribution >= 0.6 is 0 Å². The number of rotatable bonds is 2. The third-order valence-electron chi connectivity index (χ3n) is 3.42. The largest absolute Gasteiger partial charge is 0.389 e. The van der Waals surface area contributed by atoms with E-state index in [0.717, 1.165) is 24.3 Å². The summed E-state index contributed by atoms with van der Waals surface area (Å²) in [4.78, 5) is 2.32. The van der Waals surface area contributed by atoms with Gasteiger partial charge in [0.25, 0.3) is 0 Å². The summed E-state index contributed by atoms with van der Waals surface area (Å²) in [5, 5.41) is 9.94. The molecule has 0 saturated carbocycles. The fourth-order valence-electron chi connectivity index (χ4n) is 3.09. The topological polar surface area (TPSA) is 32.7 Å². The lowest BCUT2D eigenvalue weighted by Crippen LogP contribution is -2.57. The molecule has 0 spiro atoms. The quantitative estimate of drug-likeness (QED) is 0.889. The van der Waals surface area contributed by atoms with Crippen LogP contribution in [0.5, 0.6) is 0 Å². The molecular formula is C16H25NO2. The number of aliphatic hydroxyl groups is 1. The maximum Gasteiger partial charge on any atom is 0.0808 e. The molecule has 1 aromatic carbocycles. The number of morpholine rings is 1. The van der Waals surface area contributed by atoms with Crippen LogP contribution in [0.4, 0.5) is 5.69 Å². The molecule has 2 rings (SSSR count). The Morgan fingerprint density at radius 3 is 2.16 bits per heavy atom. The molecule has 0 amide bonds. The number of benzene rings is 1. The molecule has 0 radical (unpaired) electrons. The predicted octanol–water partition coefficient (Wildman–Crippen LogP) is 3.13. The minimum atomic E-state index is -0.453. The highest BCUT2D eigenvalue weighted by molar-refractivity contribution is 5.55. The third-order valence-corrected chi connectivity index (χ3v) is 3.42. The molecule has 1 fully saturated rings. The Labute approximate surface area is 116 Å². The van der Waals surface area contributed by atoms with Crippen molar-refractivity contribution in [2.45, 2.75) is 51.9 Å². The van der Waals surface area contributed by atoms with Crippen LogP contribution in [0.1, 0.15) is 46.3 Å². The Kier molecular flexibility index (Phi) is 3.63. The number of anilines is 1. The second-order valence-corrected chi connectivity index (χ2v) is 6.71. The highest BCUT2D eigenvalue weighted by Gasteiger charge is 2.38. The van der Waals surface area contributed by atoms with E-state index in [1.54, 1.807) is 0 Å². The minimum Gasteiger partial charge on any atom is -0.389 e. The number of hydrogen-bond donors (Lipinski definition) is 1. The lowest BCUT2D eigenvalue weighted by atomic mass is 9.96. The maximum atomic E-state index is 9.94. The zero-order valence-corrected chi connectivity index (χ0v) is 12.6. The lowest BCUT2D eigenvalue weighted by Gasteiger charge is -2.48. The first-order chi connectivity index (χ1) is 8.70. The van der Waals surface area contributed by atoms with Gasteiger partial charge in [-0.05, 0) is 40.7 Å². The smallest absolute Gasteiger partial charge is 0.0808 e. The van der Waals surface area contributed by atoms with Crippen molar-refractivity contribution in [2.75, 3.05) is 18.0 Å². The van der Waals surface area contributed by atoms with Crippen LogP contribution in [-0.4, -0.2) is 29.4 Å². The molecule has 0 aromatic heterocycles. The van der Waals surface area contributed by atoms with Crippen molar-refractivity contribution in [1.29, 1.82) is 0 Å². The highest BCUT2D eigenvalue weighted by atomic mass is 16.5. The van der Waals surface area contributed by atoms with Crippen molar-refractivity contribution in [3.05, 3.63) is 29.8 Å². The summed E-state index contributed by atoms with van der Waals surface area (Å²) >= 11 is 0. The number of nitrogens with zero attached hydrogens (tertiary/aromatic N) is 1. The second kappa shape index (κ2) is 4.80. The van der Waals surface area contributed by atoms with Crippen molar-refractivity contribution in [1.82, 2.24) is 0 Å². The molecule has 1 aliphatic rings. The number of aliphatic hydroxyl groups excluding tert-OH is 1. The molecule has 1 heterocycles. The van der Waals surface area contributed by atoms with E-state index in [4.69, 9.17) is 4.74 Å². The number of para-hydroxylation sites is 1. The van der Waals surface area contributed by atoms with Crippen molar-refractivity contribution >= 4 is 5.69 Å². The zero-order valence-electron chi connectivity index (χ0n) is 12.6. The SMILES string of the molecule is C[C@@H](O)c1ccccc1N1CC(C)(C)OC(C)(C)C1. The highest BCUT2D eigenvalue weighted by Crippen LogP contribution is 2.34. The van der Waals surface area contributed by atoms with Gasteiger partial charge in [0.15, 0.2) is 0 Å². The van der Waals surface area contributed by atoms with E-state index in [1.165, 1.54) is 0 Å². The summed E-state index contributed by atoms with van der Waals surface area (Å²) in [5.41, 5.74) is 1.72. The molecule has 1 aliphatic heterocycles. The van der Waals surface area contributed by atoms with Crippen LogP contribution < -0.4 is 4.90 Å². The normalized spacial score (nSPS) is 23.2. The Balaban J connectivity index is 2.36. The zero-order chi connectivity index (χ0) is 14.3. The van der Waals surface area contributed by atoms with Crippen molar-refractivity contribution in [3.63, 3.8) is 0 Å². The lowest BCUT2D eigenvalue weighted by molar-refractivity contribution is -0.133. The Bertz CT molecular complexity index is 436. The van der Waals surface area contributed by atoms with Gasteiger partial charge in [0.2, 0.25) is 0 Å². The van der Waals surface area contributed by atoms with Crippen LogP contribution in [0.25, 0.3) is 0 Å². The molecule has 1 saturated heterocycles. The first kappa shape index (κ1) is 14.4. The first-order valence-electron chi connectivity index (χ1n) is 6.92. The molecule has 0 bridgehead atoms. The van der Waals surface area contributed by atoms with E-state index < -0.39 is 6.10 Å². The van der Waals surface area contributed by atoms with Gasteiger partial charge in [0.1, 0.15) is 0 Å². The van der Waals surface area contributed by atoms with Crippen LogP contribution in [0.3, 0.4) is 0 Å². The van der Waals surface area contributed by atoms with Crippen LogP contribution in [0, 0.1) is 0 Å². The number of ether oxygens (including phenoxy) is 1. The summed E-state index contributed by atoms with van der Waals surface area (Å²) in [6.45, 7) is 11.9. The van der Waals surface area contributed by atoms with Gasteiger partial charge >= 0.3 is 0 Å². The van der Waals surface area contributed by atoms with Gasteiger partial charge in [-0.1, -0.05) is 18.2 Å². The predicted molar refractivity (Wildman–Crippen MR) is 78.5 cm³/mol. The Hall–Kier alpha value is -1.06. The van der Waals surface area contributed by atoms with E-state index in [0.29, 0.717) is 0 Å². The van der Waals surface area contributed by atoms with E-state index in [9.17, 15) is 5.11 Å². The molecule has 106 valence electrons. The summed E-state index contributed by atoms with van der Waals surface area (Å²) in [7, 11) is 0. The molecule has 1 atom stereocenters. The Morgan fingerprint density at radius 1 is 1.11 bits per heavy atom. The number of hydrogen-bond acceptors (Lipinski definition) is 3.